The number of amides is 1. The first-order valence-corrected chi connectivity index (χ1v) is 6.82. The van der Waals surface area contributed by atoms with Gasteiger partial charge in [0.15, 0.2) is 0 Å². The van der Waals surface area contributed by atoms with Crippen molar-refractivity contribution in [3.05, 3.63) is 28.2 Å². The molecule has 0 bridgehead atoms. The van der Waals surface area contributed by atoms with Gasteiger partial charge in [0, 0.05) is 23.8 Å². The molecule has 5 heteroatoms. The molecule has 4 nitrogen and oxygen atoms in total. The van der Waals surface area contributed by atoms with Gasteiger partial charge in [0.05, 0.1) is 6.54 Å². The Morgan fingerprint density at radius 1 is 1.50 bits per heavy atom. The molecule has 0 aliphatic heterocycles. The van der Waals surface area contributed by atoms with Crippen LogP contribution >= 0.6 is 15.9 Å². The van der Waals surface area contributed by atoms with Crippen LogP contribution in [0, 0.1) is 0 Å². The molecule has 0 atom stereocenters. The highest BCUT2D eigenvalue weighted by atomic mass is 79.9. The van der Waals surface area contributed by atoms with Crippen molar-refractivity contribution in [2.45, 2.75) is 19.9 Å². The van der Waals surface area contributed by atoms with E-state index in [2.05, 4.69) is 34.2 Å². The third-order valence-corrected chi connectivity index (χ3v) is 3.09. The minimum Gasteiger partial charge on any atom is -0.368 e. The molecule has 0 heterocycles. The number of carbonyl (C=O) groups excluding carboxylic acids is 1. The number of primary amides is 1. The van der Waals surface area contributed by atoms with E-state index in [0.29, 0.717) is 0 Å². The van der Waals surface area contributed by atoms with Crippen LogP contribution in [0.15, 0.2) is 22.7 Å². The highest BCUT2D eigenvalue weighted by Gasteiger charge is 2.10. The first-order valence-electron chi connectivity index (χ1n) is 6.03. The Bertz CT molecular complexity index is 409. The van der Waals surface area contributed by atoms with Crippen molar-refractivity contribution >= 4 is 27.5 Å². The monoisotopic (exact) mass is 313 g/mol. The lowest BCUT2D eigenvalue weighted by Gasteiger charge is -2.21. The molecule has 0 aromatic heterocycles. The quantitative estimate of drug-likeness (QED) is 0.756. The van der Waals surface area contributed by atoms with E-state index < -0.39 is 0 Å². The Balaban J connectivity index is 2.85. The standard InChI is InChI=1S/C13H20BrN3O/c1-3-6-16-8-10-4-5-11(14)7-12(10)17(2)9-13(15)18/h4-5,7,16H,3,6,8-9H2,1-2H3,(H2,15,18). The lowest BCUT2D eigenvalue weighted by Crippen LogP contribution is -2.31. The van der Waals surface area contributed by atoms with Crippen molar-refractivity contribution in [2.75, 3.05) is 25.0 Å². The fraction of sp³-hybridized carbons (Fsp3) is 0.462. The molecule has 1 rings (SSSR count). The summed E-state index contributed by atoms with van der Waals surface area (Å²) in [5.41, 5.74) is 7.42. The van der Waals surface area contributed by atoms with Crippen molar-refractivity contribution in [1.29, 1.82) is 0 Å². The number of anilines is 1. The molecule has 0 fully saturated rings. The van der Waals surface area contributed by atoms with Crippen LogP contribution in [0.3, 0.4) is 0 Å². The molecular formula is C13H20BrN3O. The zero-order valence-electron chi connectivity index (χ0n) is 10.9. The number of rotatable bonds is 7. The Morgan fingerprint density at radius 2 is 2.22 bits per heavy atom. The van der Waals surface area contributed by atoms with Gasteiger partial charge < -0.3 is 16.0 Å². The molecule has 0 unspecified atom stereocenters. The number of carbonyl (C=O) groups is 1. The molecule has 1 aromatic rings. The van der Waals surface area contributed by atoms with Crippen LogP contribution in [0.2, 0.25) is 0 Å². The number of nitrogens with two attached hydrogens (primary N) is 1. The number of hydrogen-bond donors (Lipinski definition) is 2. The normalized spacial score (nSPS) is 10.4. The van der Waals surface area contributed by atoms with Crippen LogP contribution in [-0.2, 0) is 11.3 Å². The van der Waals surface area contributed by atoms with Crippen LogP contribution in [-0.4, -0.2) is 26.0 Å². The van der Waals surface area contributed by atoms with E-state index in [1.165, 1.54) is 0 Å². The average Bonchev–Trinajstić information content (AvgIpc) is 2.30. The number of nitrogens with one attached hydrogen (secondary N) is 1. The summed E-state index contributed by atoms with van der Waals surface area (Å²) in [6.07, 6.45) is 1.10. The highest BCUT2D eigenvalue weighted by Crippen LogP contribution is 2.24. The molecule has 0 saturated carbocycles. The van der Waals surface area contributed by atoms with Crippen molar-refractivity contribution in [3.63, 3.8) is 0 Å². The van der Waals surface area contributed by atoms with Gasteiger partial charge in [0.25, 0.3) is 0 Å². The molecule has 1 amide bonds. The van der Waals surface area contributed by atoms with Gasteiger partial charge in [-0.15, -0.1) is 0 Å². The third kappa shape index (κ3) is 4.66. The smallest absolute Gasteiger partial charge is 0.236 e. The Kier molecular flexibility index (Phi) is 6.15. The molecule has 18 heavy (non-hydrogen) atoms. The highest BCUT2D eigenvalue weighted by molar-refractivity contribution is 9.10. The predicted molar refractivity (Wildman–Crippen MR) is 78.6 cm³/mol. The van der Waals surface area contributed by atoms with Gasteiger partial charge in [-0.3, -0.25) is 4.79 Å². The molecule has 3 N–H and O–H groups in total. The zero-order valence-corrected chi connectivity index (χ0v) is 12.5. The van der Waals surface area contributed by atoms with Crippen LogP contribution in [0.1, 0.15) is 18.9 Å². The lowest BCUT2D eigenvalue weighted by atomic mass is 10.1. The van der Waals surface area contributed by atoms with E-state index in [0.717, 1.165) is 35.2 Å². The number of hydrogen-bond acceptors (Lipinski definition) is 3. The maximum absolute atomic E-state index is 11.0. The molecule has 0 radical (unpaired) electrons. The van der Waals surface area contributed by atoms with E-state index in [-0.39, 0.29) is 12.5 Å². The van der Waals surface area contributed by atoms with Gasteiger partial charge in [0.2, 0.25) is 5.91 Å². The van der Waals surface area contributed by atoms with Crippen LogP contribution in [0.25, 0.3) is 0 Å². The first-order chi connectivity index (χ1) is 8.54. The second kappa shape index (κ2) is 7.38. The molecular weight excluding hydrogens is 294 g/mol. The van der Waals surface area contributed by atoms with Gasteiger partial charge in [0.1, 0.15) is 0 Å². The summed E-state index contributed by atoms with van der Waals surface area (Å²) in [5, 5.41) is 3.36. The van der Waals surface area contributed by atoms with Gasteiger partial charge in [-0.25, -0.2) is 0 Å². The molecule has 0 aliphatic carbocycles. The molecule has 0 saturated heterocycles. The second-order valence-electron chi connectivity index (χ2n) is 4.27. The Hall–Kier alpha value is -1.07. The van der Waals surface area contributed by atoms with E-state index in [4.69, 9.17) is 5.73 Å². The molecule has 100 valence electrons. The van der Waals surface area contributed by atoms with Crippen molar-refractivity contribution in [1.82, 2.24) is 5.32 Å². The van der Waals surface area contributed by atoms with E-state index in [1.807, 2.05) is 24.1 Å². The van der Waals surface area contributed by atoms with Crippen molar-refractivity contribution < 1.29 is 4.79 Å². The fourth-order valence-electron chi connectivity index (χ4n) is 1.76. The minimum absolute atomic E-state index is 0.219. The third-order valence-electron chi connectivity index (χ3n) is 2.59. The molecule has 1 aromatic carbocycles. The van der Waals surface area contributed by atoms with Crippen LogP contribution in [0.4, 0.5) is 5.69 Å². The van der Waals surface area contributed by atoms with Crippen molar-refractivity contribution in [3.8, 4) is 0 Å². The number of likely N-dealkylation sites (N-methyl/N-ethyl adjacent to an activating group) is 1. The molecule has 0 spiro atoms. The lowest BCUT2D eigenvalue weighted by molar-refractivity contribution is -0.116. The van der Waals surface area contributed by atoms with E-state index in [1.54, 1.807) is 0 Å². The van der Waals surface area contributed by atoms with E-state index >= 15 is 0 Å². The number of nitrogens with zero attached hydrogens (tertiary/aromatic N) is 1. The topological polar surface area (TPSA) is 58.4 Å². The number of benzene rings is 1. The summed E-state index contributed by atoms with van der Waals surface area (Å²) in [4.78, 5) is 12.9. The minimum atomic E-state index is -0.329. The molecule has 0 aliphatic rings. The fourth-order valence-corrected chi connectivity index (χ4v) is 2.11. The van der Waals surface area contributed by atoms with Crippen LogP contribution in [0.5, 0.6) is 0 Å². The van der Waals surface area contributed by atoms with Gasteiger partial charge in [-0.2, -0.15) is 0 Å². The number of halogens is 1. The maximum atomic E-state index is 11.0. The maximum Gasteiger partial charge on any atom is 0.236 e. The van der Waals surface area contributed by atoms with Gasteiger partial charge >= 0.3 is 0 Å². The van der Waals surface area contributed by atoms with Crippen molar-refractivity contribution in [2.24, 2.45) is 5.73 Å². The van der Waals surface area contributed by atoms with Gasteiger partial charge in [-0.1, -0.05) is 28.9 Å². The Morgan fingerprint density at radius 3 is 2.83 bits per heavy atom. The summed E-state index contributed by atoms with van der Waals surface area (Å²) < 4.78 is 0.994. The zero-order chi connectivity index (χ0) is 13.5. The second-order valence-corrected chi connectivity index (χ2v) is 5.19. The van der Waals surface area contributed by atoms with E-state index in [9.17, 15) is 4.79 Å². The summed E-state index contributed by atoms with van der Waals surface area (Å²) in [5.74, 6) is -0.329. The largest absolute Gasteiger partial charge is 0.368 e. The summed E-state index contributed by atoms with van der Waals surface area (Å²) in [6.45, 7) is 4.13. The van der Waals surface area contributed by atoms with Crippen LogP contribution < -0.4 is 16.0 Å². The SMILES string of the molecule is CCCNCc1ccc(Br)cc1N(C)CC(N)=O. The average molecular weight is 314 g/mol. The predicted octanol–water partition coefficient (Wildman–Crippen LogP) is 1.87. The summed E-state index contributed by atoms with van der Waals surface area (Å²) >= 11 is 3.45. The van der Waals surface area contributed by atoms with Gasteiger partial charge in [-0.05, 0) is 30.7 Å². The first kappa shape index (κ1) is 15.0. The summed E-state index contributed by atoms with van der Waals surface area (Å²) in [7, 11) is 1.87. The Labute approximate surface area is 117 Å². The summed E-state index contributed by atoms with van der Waals surface area (Å²) in [6, 6.07) is 6.07.